The van der Waals surface area contributed by atoms with Crippen LogP contribution in [0, 0.1) is 5.92 Å². The van der Waals surface area contributed by atoms with Gasteiger partial charge in [0.2, 0.25) is 5.91 Å². The van der Waals surface area contributed by atoms with Gasteiger partial charge >= 0.3 is 12.1 Å². The Kier molecular flexibility index (Phi) is 7.50. The van der Waals surface area contributed by atoms with Crippen molar-refractivity contribution in [1.29, 1.82) is 0 Å². The molecule has 1 unspecified atom stereocenters. The van der Waals surface area contributed by atoms with Gasteiger partial charge in [-0.3, -0.25) is 9.59 Å². The van der Waals surface area contributed by atoms with Gasteiger partial charge in [0.1, 0.15) is 12.6 Å². The Bertz CT molecular complexity index is 1000. The van der Waals surface area contributed by atoms with Crippen LogP contribution in [0.1, 0.15) is 56.1 Å². The first-order valence-corrected chi connectivity index (χ1v) is 12.1. The first-order chi connectivity index (χ1) is 16.5. The number of carbonyl (C=O) groups excluding carboxylic acids is 2. The number of amides is 2. The van der Waals surface area contributed by atoms with Gasteiger partial charge in [-0.1, -0.05) is 55.0 Å². The average molecular weight is 465 g/mol. The minimum Gasteiger partial charge on any atom is -0.481 e. The fourth-order valence-electron chi connectivity index (χ4n) is 4.96. The quantitative estimate of drug-likeness (QED) is 0.543. The van der Waals surface area contributed by atoms with E-state index in [2.05, 4.69) is 29.6 Å². The minimum atomic E-state index is -0.879. The number of rotatable bonds is 10. The number of nitrogens with zero attached hydrogens (tertiary/aromatic N) is 1. The molecule has 1 fully saturated rings. The number of benzene rings is 2. The molecule has 7 nitrogen and oxygen atoms in total. The van der Waals surface area contributed by atoms with E-state index in [1.165, 1.54) is 0 Å². The second-order valence-electron chi connectivity index (χ2n) is 9.05. The number of ether oxygens (including phenoxy) is 1. The number of alkyl carbamates (subject to hydrolysis) is 1. The van der Waals surface area contributed by atoms with Gasteiger partial charge in [0.25, 0.3) is 0 Å². The first-order valence-electron chi connectivity index (χ1n) is 12.1. The van der Waals surface area contributed by atoms with Crippen LogP contribution in [-0.4, -0.2) is 53.7 Å². The Morgan fingerprint density at radius 2 is 1.68 bits per heavy atom. The summed E-state index contributed by atoms with van der Waals surface area (Å²) in [6.45, 7) is 2.89. The summed E-state index contributed by atoms with van der Waals surface area (Å²) in [7, 11) is 0. The van der Waals surface area contributed by atoms with Crippen LogP contribution < -0.4 is 5.32 Å². The number of fused-ring (bicyclic) bond motifs is 3. The van der Waals surface area contributed by atoms with Crippen molar-refractivity contribution in [2.24, 2.45) is 5.92 Å². The van der Waals surface area contributed by atoms with Gasteiger partial charge < -0.3 is 20.1 Å². The van der Waals surface area contributed by atoms with Crippen molar-refractivity contribution in [2.75, 3.05) is 19.7 Å². The maximum absolute atomic E-state index is 13.2. The summed E-state index contributed by atoms with van der Waals surface area (Å²) < 4.78 is 5.67. The van der Waals surface area contributed by atoms with E-state index in [1.54, 1.807) is 4.90 Å². The molecule has 4 rings (SSSR count). The average Bonchev–Trinajstić information content (AvgIpc) is 3.12. The maximum Gasteiger partial charge on any atom is 0.407 e. The zero-order chi connectivity index (χ0) is 24.1. The number of aliphatic carboxylic acids is 1. The molecular formula is C27H32N2O5. The number of carboxylic acids is 1. The highest BCUT2D eigenvalue weighted by Gasteiger charge is 2.37. The molecule has 0 spiro atoms. The molecule has 2 aromatic rings. The van der Waals surface area contributed by atoms with Crippen molar-refractivity contribution in [3.63, 3.8) is 0 Å². The van der Waals surface area contributed by atoms with Crippen LogP contribution in [0.5, 0.6) is 0 Å². The number of hydrogen-bond acceptors (Lipinski definition) is 4. The smallest absolute Gasteiger partial charge is 0.407 e. The highest BCUT2D eigenvalue weighted by Crippen LogP contribution is 2.44. The second-order valence-corrected chi connectivity index (χ2v) is 9.05. The van der Waals surface area contributed by atoms with Crippen LogP contribution in [-0.2, 0) is 14.3 Å². The van der Waals surface area contributed by atoms with E-state index in [4.69, 9.17) is 9.84 Å². The molecule has 0 aromatic heterocycles. The SMILES string of the molecule is CCN(CCCC(=O)O)C(=O)C(NC(=O)OCC1c2ccccc2-c2ccccc21)C1CCC1. The number of carbonyl (C=O) groups is 3. The Hall–Kier alpha value is -3.35. The van der Waals surface area contributed by atoms with Crippen LogP contribution in [0.4, 0.5) is 4.79 Å². The molecule has 2 aliphatic carbocycles. The van der Waals surface area contributed by atoms with Gasteiger partial charge in [-0.25, -0.2) is 4.79 Å². The fourth-order valence-corrected chi connectivity index (χ4v) is 4.96. The largest absolute Gasteiger partial charge is 0.481 e. The summed E-state index contributed by atoms with van der Waals surface area (Å²) in [4.78, 5) is 38.5. The lowest BCUT2D eigenvalue weighted by Gasteiger charge is -2.36. The highest BCUT2D eigenvalue weighted by molar-refractivity contribution is 5.86. The lowest BCUT2D eigenvalue weighted by Crippen LogP contribution is -2.54. The van der Waals surface area contributed by atoms with Gasteiger partial charge in [0.05, 0.1) is 0 Å². The monoisotopic (exact) mass is 464 g/mol. The van der Waals surface area contributed by atoms with E-state index in [0.29, 0.717) is 19.5 Å². The van der Waals surface area contributed by atoms with Gasteiger partial charge in [-0.2, -0.15) is 0 Å². The van der Waals surface area contributed by atoms with Crippen molar-refractivity contribution < 1.29 is 24.2 Å². The third-order valence-electron chi connectivity index (χ3n) is 7.02. The first kappa shape index (κ1) is 23.8. The van der Waals surface area contributed by atoms with E-state index in [9.17, 15) is 14.4 Å². The Morgan fingerprint density at radius 3 is 2.21 bits per heavy atom. The van der Waals surface area contributed by atoms with Gasteiger partial charge in [0, 0.05) is 25.4 Å². The minimum absolute atomic E-state index is 0.0116. The Balaban J connectivity index is 1.40. The second kappa shape index (κ2) is 10.7. The van der Waals surface area contributed by atoms with Crippen molar-refractivity contribution in [1.82, 2.24) is 10.2 Å². The Morgan fingerprint density at radius 1 is 1.06 bits per heavy atom. The van der Waals surface area contributed by atoms with Crippen LogP contribution in [0.15, 0.2) is 48.5 Å². The molecule has 0 radical (unpaired) electrons. The molecular weight excluding hydrogens is 432 g/mol. The Labute approximate surface area is 200 Å². The van der Waals surface area contributed by atoms with E-state index in [0.717, 1.165) is 41.5 Å². The summed E-state index contributed by atoms with van der Waals surface area (Å²) >= 11 is 0. The molecule has 2 N–H and O–H groups in total. The molecule has 2 aliphatic rings. The summed E-state index contributed by atoms with van der Waals surface area (Å²) in [5.74, 6) is -0.998. The van der Waals surface area contributed by atoms with Crippen molar-refractivity contribution in [3.05, 3.63) is 59.7 Å². The standard InChI is InChI=1S/C27H32N2O5/c1-2-29(16-8-15-24(30)31)26(32)25(18-9-7-10-18)28-27(33)34-17-23-21-13-5-3-11-19(21)20-12-4-6-14-22(20)23/h3-6,11-14,18,23,25H,2,7-10,15-17H2,1H3,(H,28,33)(H,30,31). The predicted octanol–water partition coefficient (Wildman–Crippen LogP) is 4.41. The molecule has 180 valence electrons. The zero-order valence-corrected chi connectivity index (χ0v) is 19.5. The number of carboxylic acid groups (broad SMARTS) is 1. The van der Waals surface area contributed by atoms with E-state index in [1.807, 2.05) is 31.2 Å². The summed E-state index contributed by atoms with van der Waals surface area (Å²) in [5.41, 5.74) is 4.60. The molecule has 2 amide bonds. The summed E-state index contributed by atoms with van der Waals surface area (Å²) in [6.07, 6.45) is 2.61. The predicted molar refractivity (Wildman–Crippen MR) is 128 cm³/mol. The molecule has 0 bridgehead atoms. The molecule has 2 aromatic carbocycles. The topological polar surface area (TPSA) is 95.9 Å². The van der Waals surface area contributed by atoms with Crippen LogP contribution >= 0.6 is 0 Å². The number of nitrogens with one attached hydrogen (secondary N) is 1. The summed E-state index contributed by atoms with van der Waals surface area (Å²) in [6, 6.07) is 15.7. The molecule has 34 heavy (non-hydrogen) atoms. The lowest BCUT2D eigenvalue weighted by molar-refractivity contribution is -0.139. The fraction of sp³-hybridized carbons (Fsp3) is 0.444. The van der Waals surface area contributed by atoms with Crippen molar-refractivity contribution in [3.8, 4) is 11.1 Å². The van der Waals surface area contributed by atoms with Gasteiger partial charge in [0.15, 0.2) is 0 Å². The molecule has 1 saturated carbocycles. The molecule has 7 heteroatoms. The highest BCUT2D eigenvalue weighted by atomic mass is 16.5. The summed E-state index contributed by atoms with van der Waals surface area (Å²) in [5, 5.41) is 11.7. The lowest BCUT2D eigenvalue weighted by atomic mass is 9.79. The van der Waals surface area contributed by atoms with E-state index < -0.39 is 18.1 Å². The molecule has 0 saturated heterocycles. The third-order valence-corrected chi connectivity index (χ3v) is 7.02. The normalized spacial score (nSPS) is 15.6. The van der Waals surface area contributed by atoms with Crippen LogP contribution in [0.3, 0.4) is 0 Å². The maximum atomic E-state index is 13.2. The van der Waals surface area contributed by atoms with Crippen molar-refractivity contribution >= 4 is 18.0 Å². The van der Waals surface area contributed by atoms with Gasteiger partial charge in [-0.05, 0) is 54.4 Å². The number of likely N-dealkylation sites (N-methyl/N-ethyl adjacent to an activating group) is 1. The molecule has 0 aliphatic heterocycles. The number of hydrogen-bond donors (Lipinski definition) is 2. The van der Waals surface area contributed by atoms with Crippen LogP contribution in [0.2, 0.25) is 0 Å². The third kappa shape index (κ3) is 5.08. The molecule has 0 heterocycles. The van der Waals surface area contributed by atoms with E-state index >= 15 is 0 Å². The zero-order valence-electron chi connectivity index (χ0n) is 19.5. The van der Waals surface area contributed by atoms with Crippen LogP contribution in [0.25, 0.3) is 11.1 Å². The van der Waals surface area contributed by atoms with Crippen molar-refractivity contribution in [2.45, 2.75) is 51.0 Å². The van der Waals surface area contributed by atoms with Gasteiger partial charge in [-0.15, -0.1) is 0 Å². The molecule has 1 atom stereocenters. The van der Waals surface area contributed by atoms with E-state index in [-0.39, 0.29) is 30.8 Å².